The number of benzene rings is 1. The first-order valence-corrected chi connectivity index (χ1v) is 8.84. The highest BCUT2D eigenvalue weighted by Gasteiger charge is 2.29. The van der Waals surface area contributed by atoms with Crippen LogP contribution in [0.15, 0.2) is 48.7 Å². The lowest BCUT2D eigenvalue weighted by molar-refractivity contribution is 0.0934. The SMILES string of the molecule is COCCNC(=O)c1nc(C(=O)N2CCc3ccccc32)n2ccccc12. The van der Waals surface area contributed by atoms with Gasteiger partial charge in [-0.05, 0) is 30.2 Å². The number of para-hydroxylation sites is 1. The number of nitrogens with one attached hydrogen (secondary N) is 1. The number of methoxy groups -OCH3 is 1. The molecule has 0 bridgehead atoms. The van der Waals surface area contributed by atoms with Crippen LogP contribution in [0.25, 0.3) is 5.52 Å². The first-order valence-electron chi connectivity index (χ1n) is 8.84. The number of imidazole rings is 1. The van der Waals surface area contributed by atoms with Gasteiger partial charge in [0.1, 0.15) is 0 Å². The average Bonchev–Trinajstić information content (AvgIpc) is 3.30. The van der Waals surface area contributed by atoms with Crippen LogP contribution in [0.1, 0.15) is 26.7 Å². The minimum atomic E-state index is -0.323. The van der Waals surface area contributed by atoms with Crippen molar-refractivity contribution in [3.05, 3.63) is 65.7 Å². The zero-order valence-electron chi connectivity index (χ0n) is 15.0. The van der Waals surface area contributed by atoms with Crippen LogP contribution in [0.2, 0.25) is 0 Å². The monoisotopic (exact) mass is 364 g/mol. The Morgan fingerprint density at radius 1 is 1.19 bits per heavy atom. The van der Waals surface area contributed by atoms with Gasteiger partial charge in [0.05, 0.1) is 12.1 Å². The molecule has 0 saturated carbocycles. The van der Waals surface area contributed by atoms with Crippen LogP contribution in [0.3, 0.4) is 0 Å². The van der Waals surface area contributed by atoms with Crippen molar-refractivity contribution in [3.63, 3.8) is 0 Å². The van der Waals surface area contributed by atoms with Crippen LogP contribution < -0.4 is 10.2 Å². The molecule has 1 aromatic carbocycles. The second-order valence-corrected chi connectivity index (χ2v) is 6.32. The van der Waals surface area contributed by atoms with Crippen LogP contribution in [-0.2, 0) is 11.2 Å². The third-order valence-corrected chi connectivity index (χ3v) is 4.68. The molecule has 3 aromatic rings. The number of hydrogen-bond donors (Lipinski definition) is 1. The van der Waals surface area contributed by atoms with Crippen molar-refractivity contribution >= 4 is 23.0 Å². The smallest absolute Gasteiger partial charge is 0.294 e. The first kappa shape index (κ1) is 17.2. The molecule has 0 fully saturated rings. The molecule has 7 heteroatoms. The second kappa shape index (κ2) is 7.20. The highest BCUT2D eigenvalue weighted by atomic mass is 16.5. The van der Waals surface area contributed by atoms with Crippen LogP contribution in [0.5, 0.6) is 0 Å². The van der Waals surface area contributed by atoms with Gasteiger partial charge < -0.3 is 15.0 Å². The van der Waals surface area contributed by atoms with E-state index in [1.165, 1.54) is 0 Å². The fraction of sp³-hybridized carbons (Fsp3) is 0.250. The number of aromatic nitrogens is 2. The minimum Gasteiger partial charge on any atom is -0.383 e. The van der Waals surface area contributed by atoms with E-state index in [-0.39, 0.29) is 23.3 Å². The van der Waals surface area contributed by atoms with Gasteiger partial charge in [-0.3, -0.25) is 14.0 Å². The Morgan fingerprint density at radius 2 is 2.00 bits per heavy atom. The Morgan fingerprint density at radius 3 is 2.85 bits per heavy atom. The van der Waals surface area contributed by atoms with Gasteiger partial charge in [0.25, 0.3) is 11.8 Å². The third kappa shape index (κ3) is 3.06. The topological polar surface area (TPSA) is 75.9 Å². The number of ether oxygens (including phenoxy) is 1. The molecule has 27 heavy (non-hydrogen) atoms. The number of fused-ring (bicyclic) bond motifs is 2. The third-order valence-electron chi connectivity index (χ3n) is 4.68. The van der Waals surface area contributed by atoms with Crippen molar-refractivity contribution in [3.8, 4) is 0 Å². The van der Waals surface area contributed by atoms with Crippen molar-refractivity contribution in [1.29, 1.82) is 0 Å². The molecule has 0 saturated heterocycles. The van der Waals surface area contributed by atoms with E-state index < -0.39 is 0 Å². The largest absolute Gasteiger partial charge is 0.383 e. The Hall–Kier alpha value is -3.19. The van der Waals surface area contributed by atoms with E-state index in [1.54, 1.807) is 28.7 Å². The number of hydrogen-bond acceptors (Lipinski definition) is 4. The average molecular weight is 364 g/mol. The van der Waals surface area contributed by atoms with Crippen LogP contribution >= 0.6 is 0 Å². The van der Waals surface area contributed by atoms with Crippen LogP contribution in [0, 0.1) is 0 Å². The predicted molar refractivity (Wildman–Crippen MR) is 101 cm³/mol. The molecule has 0 spiro atoms. The summed E-state index contributed by atoms with van der Waals surface area (Å²) in [6, 6.07) is 13.3. The summed E-state index contributed by atoms with van der Waals surface area (Å²) >= 11 is 0. The van der Waals surface area contributed by atoms with Gasteiger partial charge in [0.2, 0.25) is 5.82 Å². The summed E-state index contributed by atoms with van der Waals surface area (Å²) in [6.45, 7) is 1.40. The molecule has 138 valence electrons. The lowest BCUT2D eigenvalue weighted by Gasteiger charge is -2.16. The summed E-state index contributed by atoms with van der Waals surface area (Å²) in [5, 5.41) is 2.76. The van der Waals surface area contributed by atoms with E-state index in [1.807, 2.05) is 36.4 Å². The Labute approximate surface area is 156 Å². The summed E-state index contributed by atoms with van der Waals surface area (Å²) in [5.41, 5.74) is 2.89. The number of carbonyl (C=O) groups excluding carboxylic acids is 2. The predicted octanol–water partition coefficient (Wildman–Crippen LogP) is 1.91. The molecule has 7 nitrogen and oxygen atoms in total. The molecule has 0 atom stereocenters. The summed E-state index contributed by atoms with van der Waals surface area (Å²) < 4.78 is 6.63. The normalized spacial score (nSPS) is 13.0. The molecule has 0 radical (unpaired) electrons. The van der Waals surface area contributed by atoms with Gasteiger partial charge in [0.15, 0.2) is 5.69 Å². The highest BCUT2D eigenvalue weighted by molar-refractivity contribution is 6.08. The van der Waals surface area contributed by atoms with E-state index in [4.69, 9.17) is 4.74 Å². The van der Waals surface area contributed by atoms with Crippen LogP contribution in [0.4, 0.5) is 5.69 Å². The Bertz CT molecular complexity index is 1010. The Balaban J connectivity index is 1.70. The van der Waals surface area contributed by atoms with E-state index in [2.05, 4.69) is 10.3 Å². The van der Waals surface area contributed by atoms with Gasteiger partial charge in [-0.15, -0.1) is 0 Å². The van der Waals surface area contributed by atoms with Crippen molar-refractivity contribution < 1.29 is 14.3 Å². The number of pyridine rings is 1. The summed E-state index contributed by atoms with van der Waals surface area (Å²) in [6.07, 6.45) is 2.57. The van der Waals surface area contributed by atoms with Gasteiger partial charge >= 0.3 is 0 Å². The van der Waals surface area contributed by atoms with Gasteiger partial charge in [-0.2, -0.15) is 0 Å². The molecule has 4 rings (SSSR count). The van der Waals surface area contributed by atoms with E-state index in [0.29, 0.717) is 25.2 Å². The maximum atomic E-state index is 13.2. The molecule has 1 N–H and O–H groups in total. The molecule has 0 aliphatic carbocycles. The lowest BCUT2D eigenvalue weighted by atomic mass is 10.2. The molecule has 0 unspecified atom stereocenters. The van der Waals surface area contributed by atoms with Gasteiger partial charge in [0, 0.05) is 32.1 Å². The number of rotatable bonds is 5. The number of nitrogens with zero attached hydrogens (tertiary/aromatic N) is 3. The fourth-order valence-corrected chi connectivity index (χ4v) is 3.38. The molecular formula is C20H20N4O3. The maximum absolute atomic E-state index is 13.2. The van der Waals surface area contributed by atoms with Crippen LogP contribution in [-0.4, -0.2) is 48.0 Å². The van der Waals surface area contributed by atoms with Crippen molar-refractivity contribution in [2.24, 2.45) is 0 Å². The summed E-state index contributed by atoms with van der Waals surface area (Å²) in [7, 11) is 1.57. The molecule has 1 aliphatic heterocycles. The lowest BCUT2D eigenvalue weighted by Crippen LogP contribution is -2.31. The maximum Gasteiger partial charge on any atom is 0.294 e. The number of amides is 2. The van der Waals surface area contributed by atoms with Crippen molar-refractivity contribution in [2.75, 3.05) is 31.7 Å². The molecular weight excluding hydrogens is 344 g/mol. The van der Waals surface area contributed by atoms with Gasteiger partial charge in [-0.1, -0.05) is 24.3 Å². The fourth-order valence-electron chi connectivity index (χ4n) is 3.38. The molecule has 2 aromatic heterocycles. The zero-order chi connectivity index (χ0) is 18.8. The van der Waals surface area contributed by atoms with Crippen molar-refractivity contribution in [1.82, 2.24) is 14.7 Å². The molecule has 1 aliphatic rings. The molecule has 3 heterocycles. The van der Waals surface area contributed by atoms with E-state index >= 15 is 0 Å². The minimum absolute atomic E-state index is 0.211. The Kier molecular flexibility index (Phi) is 4.60. The number of carbonyl (C=O) groups is 2. The van der Waals surface area contributed by atoms with E-state index in [0.717, 1.165) is 17.7 Å². The van der Waals surface area contributed by atoms with Crippen molar-refractivity contribution in [2.45, 2.75) is 6.42 Å². The standard InChI is InChI=1S/C20H20N4O3/c1-27-13-10-21-19(25)17-16-8-4-5-11-23(16)18(22-17)20(26)24-12-9-14-6-2-3-7-15(14)24/h2-8,11H,9-10,12-13H2,1H3,(H,21,25). The molecule has 2 amide bonds. The van der Waals surface area contributed by atoms with Gasteiger partial charge in [-0.25, -0.2) is 4.98 Å². The number of anilines is 1. The van der Waals surface area contributed by atoms with E-state index in [9.17, 15) is 9.59 Å². The summed E-state index contributed by atoms with van der Waals surface area (Å²) in [4.78, 5) is 31.9. The quantitative estimate of drug-likeness (QED) is 0.702. The first-order chi connectivity index (χ1) is 13.2. The summed E-state index contributed by atoms with van der Waals surface area (Å²) in [5.74, 6) is -0.298. The highest BCUT2D eigenvalue weighted by Crippen LogP contribution is 2.29. The zero-order valence-corrected chi connectivity index (χ0v) is 15.0. The second-order valence-electron chi connectivity index (χ2n) is 6.32.